The fourth-order valence-corrected chi connectivity index (χ4v) is 0.909. The van der Waals surface area contributed by atoms with Crippen LogP contribution in [0.1, 0.15) is 19.3 Å². The number of rotatable bonds is 1. The first kappa shape index (κ1) is 4.76. The molecule has 7 heavy (non-hydrogen) atoms. The average molecular weight is 95.2 g/mol. The van der Waals surface area contributed by atoms with Crippen LogP contribution in [0.15, 0.2) is 12.2 Å². The van der Waals surface area contributed by atoms with Crippen molar-refractivity contribution in [1.82, 2.24) is 0 Å². The van der Waals surface area contributed by atoms with Gasteiger partial charge in [-0.15, -0.1) is 0 Å². The Morgan fingerprint density at radius 2 is 2.00 bits per heavy atom. The molecule has 0 saturated carbocycles. The van der Waals surface area contributed by atoms with Crippen LogP contribution in [0.4, 0.5) is 0 Å². The highest BCUT2D eigenvalue weighted by molar-refractivity contribution is 4.93. The molecule has 0 aromatic rings. The smallest absolute Gasteiger partial charge is 0.0881 e. The molecule has 0 nitrogen and oxygen atoms in total. The lowest BCUT2D eigenvalue weighted by molar-refractivity contribution is 0.578. The molecule has 0 bridgehead atoms. The van der Waals surface area contributed by atoms with E-state index in [4.69, 9.17) is 0 Å². The maximum Gasteiger partial charge on any atom is 0.0884 e. The standard InChI is InChI=1S/C7H11/c1-2-7-5-3-4-6-7/h3-4,7H,1-2,5-6H2/q+1. The fourth-order valence-electron chi connectivity index (χ4n) is 0.909. The van der Waals surface area contributed by atoms with Gasteiger partial charge in [0, 0.05) is 5.92 Å². The van der Waals surface area contributed by atoms with Crippen molar-refractivity contribution in [1.29, 1.82) is 0 Å². The maximum atomic E-state index is 3.83. The quantitative estimate of drug-likeness (QED) is 0.346. The molecule has 0 radical (unpaired) electrons. The van der Waals surface area contributed by atoms with Gasteiger partial charge in [0.25, 0.3) is 0 Å². The molecule has 1 aliphatic carbocycles. The number of allylic oxidation sites excluding steroid dienone is 2. The van der Waals surface area contributed by atoms with E-state index in [1.165, 1.54) is 12.8 Å². The summed E-state index contributed by atoms with van der Waals surface area (Å²) in [5.74, 6) is 0.875. The van der Waals surface area contributed by atoms with Crippen molar-refractivity contribution < 1.29 is 0 Å². The molecule has 0 N–H and O–H groups in total. The van der Waals surface area contributed by atoms with E-state index in [1.807, 2.05) is 0 Å². The minimum absolute atomic E-state index is 0.875. The predicted molar refractivity (Wildman–Crippen MR) is 31.8 cm³/mol. The Morgan fingerprint density at radius 3 is 2.29 bits per heavy atom. The Hall–Kier alpha value is -0.390. The third-order valence-electron chi connectivity index (χ3n) is 1.51. The van der Waals surface area contributed by atoms with Gasteiger partial charge in [0.15, 0.2) is 0 Å². The molecule has 0 saturated heterocycles. The minimum Gasteiger partial charge on any atom is -0.0881 e. The minimum atomic E-state index is 0.875. The van der Waals surface area contributed by atoms with Crippen LogP contribution in [-0.4, -0.2) is 0 Å². The van der Waals surface area contributed by atoms with Crippen LogP contribution < -0.4 is 0 Å². The van der Waals surface area contributed by atoms with Crippen molar-refractivity contribution in [3.63, 3.8) is 0 Å². The highest BCUT2D eigenvalue weighted by Crippen LogP contribution is 2.19. The van der Waals surface area contributed by atoms with Gasteiger partial charge in [-0.1, -0.05) is 12.2 Å². The zero-order chi connectivity index (χ0) is 5.11. The molecule has 0 fully saturated rings. The van der Waals surface area contributed by atoms with Gasteiger partial charge < -0.3 is 0 Å². The summed E-state index contributed by atoms with van der Waals surface area (Å²) >= 11 is 0. The van der Waals surface area contributed by atoms with Crippen molar-refractivity contribution in [2.75, 3.05) is 0 Å². The second-order valence-electron chi connectivity index (χ2n) is 2.10. The molecule has 0 heterocycles. The largest absolute Gasteiger partial charge is 0.0884 e. The van der Waals surface area contributed by atoms with Crippen molar-refractivity contribution in [2.24, 2.45) is 5.92 Å². The molecular weight excluding hydrogens is 84.1 g/mol. The molecule has 0 atom stereocenters. The fraction of sp³-hybridized carbons (Fsp3) is 0.571. The second-order valence-corrected chi connectivity index (χ2v) is 2.10. The third-order valence-corrected chi connectivity index (χ3v) is 1.51. The third kappa shape index (κ3) is 0.986. The van der Waals surface area contributed by atoms with Crippen molar-refractivity contribution in [3.8, 4) is 0 Å². The Labute approximate surface area is 45.2 Å². The van der Waals surface area contributed by atoms with Gasteiger partial charge in [-0.25, -0.2) is 0 Å². The second kappa shape index (κ2) is 2.06. The van der Waals surface area contributed by atoms with E-state index in [9.17, 15) is 0 Å². The first-order valence-electron chi connectivity index (χ1n) is 2.87. The van der Waals surface area contributed by atoms with E-state index < -0.39 is 0 Å². The van der Waals surface area contributed by atoms with Crippen LogP contribution in [0.25, 0.3) is 0 Å². The van der Waals surface area contributed by atoms with E-state index in [1.54, 1.807) is 0 Å². The van der Waals surface area contributed by atoms with Gasteiger partial charge >= 0.3 is 0 Å². The van der Waals surface area contributed by atoms with Crippen LogP contribution in [0.2, 0.25) is 0 Å². The van der Waals surface area contributed by atoms with Crippen molar-refractivity contribution in [3.05, 3.63) is 19.1 Å². The van der Waals surface area contributed by atoms with Crippen molar-refractivity contribution >= 4 is 0 Å². The van der Waals surface area contributed by atoms with Crippen LogP contribution in [0.5, 0.6) is 0 Å². The molecule has 0 aromatic heterocycles. The lowest BCUT2D eigenvalue weighted by atomic mass is 10.1. The van der Waals surface area contributed by atoms with Crippen LogP contribution in [-0.2, 0) is 0 Å². The molecule has 0 aromatic carbocycles. The molecule has 0 heteroatoms. The molecule has 0 aliphatic heterocycles. The number of hydrogen-bond acceptors (Lipinski definition) is 0. The van der Waals surface area contributed by atoms with Gasteiger partial charge in [0.1, 0.15) is 0 Å². The zero-order valence-corrected chi connectivity index (χ0v) is 4.56. The van der Waals surface area contributed by atoms with Crippen LogP contribution in [0.3, 0.4) is 0 Å². The summed E-state index contributed by atoms with van der Waals surface area (Å²) in [6.07, 6.45) is 8.13. The van der Waals surface area contributed by atoms with Crippen molar-refractivity contribution in [2.45, 2.75) is 19.3 Å². The Kier molecular flexibility index (Phi) is 1.40. The monoisotopic (exact) mass is 95.1 g/mol. The van der Waals surface area contributed by atoms with Gasteiger partial charge in [0.05, 0.1) is 13.3 Å². The summed E-state index contributed by atoms with van der Waals surface area (Å²) in [6, 6.07) is 0. The average Bonchev–Trinajstić information content (AvgIpc) is 2.14. The van der Waals surface area contributed by atoms with E-state index in [0.29, 0.717) is 0 Å². The lowest BCUT2D eigenvalue weighted by Gasteiger charge is -1.95. The molecule has 0 spiro atoms. The summed E-state index contributed by atoms with van der Waals surface area (Å²) in [7, 11) is 0. The van der Waals surface area contributed by atoms with Gasteiger partial charge in [-0.3, -0.25) is 0 Å². The Bertz CT molecular complexity index is 64.1. The van der Waals surface area contributed by atoms with Crippen LogP contribution in [0, 0.1) is 12.8 Å². The highest BCUT2D eigenvalue weighted by atomic mass is 14.1. The highest BCUT2D eigenvalue weighted by Gasteiger charge is 2.08. The normalized spacial score (nSPS) is 21.1. The van der Waals surface area contributed by atoms with E-state index in [-0.39, 0.29) is 0 Å². The Balaban J connectivity index is 2.22. The SMILES string of the molecule is [CH2+]CC1CC=CC1. The molecule has 1 aliphatic rings. The van der Waals surface area contributed by atoms with E-state index in [2.05, 4.69) is 19.1 Å². The molecular formula is C7H11+. The lowest BCUT2D eigenvalue weighted by Crippen LogP contribution is -1.87. The van der Waals surface area contributed by atoms with Crippen LogP contribution >= 0.6 is 0 Å². The molecule has 1 rings (SSSR count). The summed E-state index contributed by atoms with van der Waals surface area (Å²) in [5, 5.41) is 0. The Morgan fingerprint density at radius 1 is 1.43 bits per heavy atom. The molecule has 0 unspecified atom stereocenters. The first-order valence-corrected chi connectivity index (χ1v) is 2.87. The van der Waals surface area contributed by atoms with Gasteiger partial charge in [-0.2, -0.15) is 0 Å². The molecule has 0 amide bonds. The zero-order valence-electron chi connectivity index (χ0n) is 4.56. The predicted octanol–water partition coefficient (Wildman–Crippen LogP) is 2.18. The summed E-state index contributed by atoms with van der Waals surface area (Å²) in [5.41, 5.74) is 0. The summed E-state index contributed by atoms with van der Waals surface area (Å²) in [4.78, 5) is 0. The van der Waals surface area contributed by atoms with E-state index in [0.717, 1.165) is 12.3 Å². The maximum absolute atomic E-state index is 3.83. The first-order chi connectivity index (χ1) is 3.43. The summed E-state index contributed by atoms with van der Waals surface area (Å²) in [6.45, 7) is 3.83. The topological polar surface area (TPSA) is 0 Å². The number of hydrogen-bond donors (Lipinski definition) is 0. The molecule has 38 valence electrons. The van der Waals surface area contributed by atoms with Gasteiger partial charge in [0.2, 0.25) is 0 Å². The van der Waals surface area contributed by atoms with Gasteiger partial charge in [-0.05, 0) is 12.8 Å². The van der Waals surface area contributed by atoms with E-state index >= 15 is 0 Å². The summed E-state index contributed by atoms with van der Waals surface area (Å²) < 4.78 is 0.